The van der Waals surface area contributed by atoms with Crippen molar-refractivity contribution in [2.75, 3.05) is 14.2 Å². The summed E-state index contributed by atoms with van der Waals surface area (Å²) in [6.45, 7) is 31.9. The number of carbonyl (C=O) groups excluding carboxylic acids is 2. The molecule has 0 aliphatic rings. The van der Waals surface area contributed by atoms with Gasteiger partial charge in [0.05, 0.1) is 24.2 Å². The van der Waals surface area contributed by atoms with Gasteiger partial charge in [-0.25, -0.2) is 0 Å². The minimum atomic E-state index is -2.51. The second-order valence-electron chi connectivity index (χ2n) is 16.7. The zero-order chi connectivity index (χ0) is 40.0. The van der Waals surface area contributed by atoms with Crippen LogP contribution in [0.3, 0.4) is 0 Å². The van der Waals surface area contributed by atoms with Crippen molar-refractivity contribution in [3.05, 3.63) is 48.6 Å². The molecule has 1 aromatic rings. The lowest BCUT2D eigenvalue weighted by molar-refractivity contribution is -0.168. The fraction of sp³-hybridized carbons (Fsp3) is 0.762. The van der Waals surface area contributed by atoms with E-state index < -0.39 is 59.0 Å². The Hall–Kier alpha value is -1.67. The third-order valence-electron chi connectivity index (χ3n) is 10.9. The minimum absolute atomic E-state index is 0.0176. The summed E-state index contributed by atoms with van der Waals surface area (Å²) in [6.07, 6.45) is 1.27. The highest BCUT2D eigenvalue weighted by Gasteiger charge is 2.52. The Morgan fingerprint density at radius 2 is 1.33 bits per heavy atom. The van der Waals surface area contributed by atoms with Crippen molar-refractivity contribution in [2.24, 2.45) is 17.8 Å². The molecule has 0 saturated heterocycles. The van der Waals surface area contributed by atoms with Crippen molar-refractivity contribution in [3.63, 3.8) is 0 Å². The number of esters is 1. The molecule has 0 spiro atoms. The predicted octanol–water partition coefficient (Wildman–Crippen LogP) is 10.1. The number of Topliss-reactive ketones (excluding diaryl/α,β-unsaturated/α-hetero) is 1. The van der Waals surface area contributed by atoms with Crippen LogP contribution < -0.4 is 0 Å². The lowest BCUT2D eigenvalue weighted by Crippen LogP contribution is -2.59. The summed E-state index contributed by atoms with van der Waals surface area (Å²) in [7, 11) is -1.37. The molecule has 52 heavy (non-hydrogen) atoms. The number of ether oxygens (including phenoxy) is 3. The monoisotopic (exact) mass is 765 g/mol. The molecule has 1 aromatic carbocycles. The number of hydrogen-bond donors (Lipinski definition) is 1. The Morgan fingerprint density at radius 1 is 0.788 bits per heavy atom. The van der Waals surface area contributed by atoms with Crippen LogP contribution in [-0.2, 0) is 32.7 Å². The van der Waals surface area contributed by atoms with Gasteiger partial charge in [-0.15, -0.1) is 6.58 Å². The maximum absolute atomic E-state index is 14.0. The van der Waals surface area contributed by atoms with E-state index >= 15 is 0 Å². The van der Waals surface area contributed by atoms with Crippen LogP contribution in [0.1, 0.15) is 113 Å². The smallest absolute Gasteiger partial charge is 0.312 e. The van der Waals surface area contributed by atoms with Crippen molar-refractivity contribution in [1.82, 2.24) is 0 Å². The van der Waals surface area contributed by atoms with E-state index in [9.17, 15) is 14.7 Å². The van der Waals surface area contributed by atoms with Crippen LogP contribution in [0.5, 0.6) is 0 Å². The molecule has 0 aromatic heterocycles. The fourth-order valence-corrected chi connectivity index (χ4v) is 14.8. The third kappa shape index (κ3) is 13.6. The highest BCUT2D eigenvalue weighted by Crippen LogP contribution is 2.45. The predicted molar refractivity (Wildman–Crippen MR) is 218 cm³/mol. The van der Waals surface area contributed by atoms with E-state index in [1.165, 1.54) is 0 Å². The fourth-order valence-electron chi connectivity index (χ4n) is 7.94. The molecular formula is C42H76O8Si2. The number of aliphatic hydroxyl groups is 1. The molecule has 0 radical (unpaired) electrons. The topological polar surface area (TPSA) is 101 Å². The van der Waals surface area contributed by atoms with Gasteiger partial charge in [0.15, 0.2) is 14.1 Å². The number of benzene rings is 1. The lowest BCUT2D eigenvalue weighted by atomic mass is 9.83. The van der Waals surface area contributed by atoms with Crippen molar-refractivity contribution >= 4 is 28.4 Å². The van der Waals surface area contributed by atoms with E-state index in [4.69, 9.17) is 23.1 Å². The standard InChI is InChI=1S/C42H76O8Si2/c1-17-31(9)39(49-51(14,15)16)33(11)40(50-52(28(3)4,29(5)6)30(7)8)41(47-13)38(44)32(10)42(45)48-36(34-24-20-19-21-25-34)26-22-23-27-37(46-12)35(43)18-2/h17,19-21,24-25,28-33,36-41,44H,1,18,22-23,26-27H2,2-16H3/t31-,32?,33+,36-,37-,38?,39-,40-,41-/m0/s1. The minimum Gasteiger partial charge on any atom is -0.457 e. The number of carbonyl (C=O) groups is 2. The molecule has 10 heteroatoms. The van der Waals surface area contributed by atoms with Gasteiger partial charge >= 0.3 is 5.97 Å². The van der Waals surface area contributed by atoms with Gasteiger partial charge in [0.2, 0.25) is 8.32 Å². The van der Waals surface area contributed by atoms with Gasteiger partial charge < -0.3 is 28.2 Å². The number of rotatable bonds is 26. The zero-order valence-electron chi connectivity index (χ0n) is 35.4. The largest absolute Gasteiger partial charge is 0.457 e. The summed E-state index contributed by atoms with van der Waals surface area (Å²) < 4.78 is 32.2. The average Bonchev–Trinajstić information content (AvgIpc) is 3.09. The molecule has 0 amide bonds. The van der Waals surface area contributed by atoms with Crippen LogP contribution in [0.25, 0.3) is 0 Å². The molecular weight excluding hydrogens is 689 g/mol. The molecule has 0 aliphatic heterocycles. The van der Waals surface area contributed by atoms with Crippen molar-refractivity contribution in [2.45, 2.75) is 174 Å². The maximum Gasteiger partial charge on any atom is 0.312 e. The Labute approximate surface area is 320 Å². The first kappa shape index (κ1) is 48.4. The van der Waals surface area contributed by atoms with Crippen LogP contribution >= 0.6 is 0 Å². The number of aliphatic hydroxyl groups excluding tert-OH is 1. The van der Waals surface area contributed by atoms with E-state index in [0.717, 1.165) is 18.4 Å². The molecule has 1 rings (SSSR count). The number of hydrogen-bond acceptors (Lipinski definition) is 8. The van der Waals surface area contributed by atoms with E-state index in [1.807, 2.05) is 43.3 Å². The van der Waals surface area contributed by atoms with Crippen LogP contribution in [-0.4, -0.2) is 78.2 Å². The molecule has 8 nitrogen and oxygen atoms in total. The quantitative estimate of drug-likeness (QED) is 0.0431. The van der Waals surface area contributed by atoms with Crippen LogP contribution in [0.15, 0.2) is 43.0 Å². The first-order valence-corrected chi connectivity index (χ1v) is 25.3. The Kier molecular flexibility index (Phi) is 21.1. The summed E-state index contributed by atoms with van der Waals surface area (Å²) in [5, 5.41) is 12.2. The molecule has 0 heterocycles. The van der Waals surface area contributed by atoms with Gasteiger partial charge in [-0.3, -0.25) is 9.59 Å². The van der Waals surface area contributed by atoms with Gasteiger partial charge in [0.1, 0.15) is 18.3 Å². The molecule has 0 bridgehead atoms. The molecule has 1 N–H and O–H groups in total. The van der Waals surface area contributed by atoms with Crippen molar-refractivity contribution < 1.29 is 37.8 Å². The van der Waals surface area contributed by atoms with Crippen molar-refractivity contribution in [1.29, 1.82) is 0 Å². The van der Waals surface area contributed by atoms with Crippen molar-refractivity contribution in [3.8, 4) is 0 Å². The Balaban J connectivity index is 3.54. The van der Waals surface area contributed by atoms with Gasteiger partial charge in [0, 0.05) is 26.6 Å². The summed E-state index contributed by atoms with van der Waals surface area (Å²) >= 11 is 0. The zero-order valence-corrected chi connectivity index (χ0v) is 37.4. The summed E-state index contributed by atoms with van der Waals surface area (Å²) in [4.78, 5) is 26.2. The van der Waals surface area contributed by atoms with Gasteiger partial charge in [-0.05, 0) is 73.9 Å². The Morgan fingerprint density at radius 3 is 1.77 bits per heavy atom. The van der Waals surface area contributed by atoms with Crippen LogP contribution in [0.2, 0.25) is 36.3 Å². The summed E-state index contributed by atoms with van der Waals surface area (Å²) in [5.74, 6) is -1.49. The average molecular weight is 765 g/mol. The number of methoxy groups -OCH3 is 2. The molecule has 0 fully saturated rings. The maximum atomic E-state index is 14.0. The Bertz CT molecular complexity index is 1160. The molecule has 0 aliphatic carbocycles. The van der Waals surface area contributed by atoms with E-state index in [-0.39, 0.29) is 23.7 Å². The highest BCUT2D eigenvalue weighted by molar-refractivity contribution is 6.77. The molecule has 300 valence electrons. The molecule has 2 unspecified atom stereocenters. The molecule has 0 saturated carbocycles. The number of unbranched alkanes of at least 4 members (excludes halogenated alkanes) is 1. The van der Waals surface area contributed by atoms with E-state index in [2.05, 4.69) is 81.6 Å². The third-order valence-corrected chi connectivity index (χ3v) is 18.0. The highest BCUT2D eigenvalue weighted by atomic mass is 28.4. The van der Waals surface area contributed by atoms with Gasteiger partial charge in [-0.1, -0.05) is 105 Å². The van der Waals surface area contributed by atoms with E-state index in [1.54, 1.807) is 21.1 Å². The van der Waals surface area contributed by atoms with Crippen LogP contribution in [0.4, 0.5) is 0 Å². The van der Waals surface area contributed by atoms with Gasteiger partial charge in [0.25, 0.3) is 0 Å². The first-order chi connectivity index (χ1) is 24.2. The number of ketones is 1. The molecule has 9 atom stereocenters. The normalized spacial score (nSPS) is 18.0. The van der Waals surface area contributed by atoms with Gasteiger partial charge in [-0.2, -0.15) is 0 Å². The van der Waals surface area contributed by atoms with Crippen LogP contribution in [0, 0.1) is 17.8 Å². The second kappa shape index (κ2) is 22.6. The summed E-state index contributed by atoms with van der Waals surface area (Å²) in [5.41, 5.74) is 1.75. The first-order valence-electron chi connectivity index (χ1n) is 19.7. The second-order valence-corrected chi connectivity index (χ2v) is 26.6. The van der Waals surface area contributed by atoms with E-state index in [0.29, 0.717) is 35.9 Å². The summed E-state index contributed by atoms with van der Waals surface area (Å²) in [6, 6.07) is 9.69. The lowest BCUT2D eigenvalue weighted by Gasteiger charge is -2.49. The SMILES string of the molecule is C=C[C@H](C)[C@H](O[Si](C)(C)C)[C@@H](C)[C@H](O[Si](C(C)C)(C(C)C)C(C)C)[C@@H](OC)C(O)C(C)C(=O)O[C@@H](CCCC[C@H](OC)C(=O)CC)c1ccccc1.